The van der Waals surface area contributed by atoms with Crippen LogP contribution in [0.25, 0.3) is 0 Å². The molecule has 0 aromatic heterocycles. The molecule has 16 heavy (non-hydrogen) atoms. The molecule has 0 atom stereocenters. The van der Waals surface area contributed by atoms with Crippen molar-refractivity contribution in [3.05, 3.63) is 0 Å². The molecular weight excluding hydrogens is 204 g/mol. The molecule has 1 fully saturated rings. The Morgan fingerprint density at radius 2 is 1.19 bits per heavy atom. The van der Waals surface area contributed by atoms with E-state index in [1.54, 1.807) is 0 Å². The van der Waals surface area contributed by atoms with Crippen molar-refractivity contribution in [1.29, 1.82) is 0 Å². The summed E-state index contributed by atoms with van der Waals surface area (Å²) < 4.78 is 4.91. The van der Waals surface area contributed by atoms with Gasteiger partial charge in [0.15, 0.2) is 0 Å². The highest BCUT2D eigenvalue weighted by molar-refractivity contribution is 6.33. The molecule has 0 aliphatic carbocycles. The lowest BCUT2D eigenvalue weighted by molar-refractivity contribution is -0.154. The van der Waals surface area contributed by atoms with Crippen LogP contribution in [-0.2, 0) is 14.3 Å². The molecule has 0 unspecified atom stereocenters. The van der Waals surface area contributed by atoms with Crippen LogP contribution < -0.4 is 0 Å². The fourth-order valence-electron chi connectivity index (χ4n) is 1.97. The summed E-state index contributed by atoms with van der Waals surface area (Å²) in [5.74, 6) is -0.978. The van der Waals surface area contributed by atoms with E-state index in [4.69, 9.17) is 4.74 Å². The molecule has 0 N–H and O–H groups in total. The Labute approximate surface area is 97.5 Å². The Balaban J connectivity index is 2.27. The first-order chi connectivity index (χ1) is 7.80. The number of carbonyl (C=O) groups is 2. The fourth-order valence-corrected chi connectivity index (χ4v) is 1.97. The Hall–Kier alpha value is -0.860. The Kier molecular flexibility index (Phi) is 6.86. The SMILES string of the molecule is O=C1CCCCCCCCCCCOC1=O. The molecule has 1 aliphatic heterocycles. The molecule has 1 rings (SSSR count). The second-order valence-electron chi connectivity index (χ2n) is 4.49. The van der Waals surface area contributed by atoms with E-state index in [1.807, 2.05) is 0 Å². The minimum absolute atomic E-state index is 0.350. The Bertz CT molecular complexity index is 199. The molecule has 1 aliphatic rings. The molecule has 0 spiro atoms. The van der Waals surface area contributed by atoms with Gasteiger partial charge in [0.2, 0.25) is 5.78 Å². The summed E-state index contributed by atoms with van der Waals surface area (Å²) in [6.45, 7) is 0.407. The van der Waals surface area contributed by atoms with Crippen LogP contribution in [0.3, 0.4) is 0 Å². The molecule has 1 heterocycles. The molecule has 0 bridgehead atoms. The molecular formula is C13H22O3. The summed E-state index contributed by atoms with van der Waals surface area (Å²) in [7, 11) is 0. The zero-order chi connectivity index (χ0) is 11.6. The first-order valence-electron chi connectivity index (χ1n) is 6.50. The van der Waals surface area contributed by atoms with Crippen LogP contribution in [0.1, 0.15) is 64.2 Å². The van der Waals surface area contributed by atoms with Crippen LogP contribution in [-0.4, -0.2) is 18.4 Å². The third kappa shape index (κ3) is 5.89. The summed E-state index contributed by atoms with van der Waals surface area (Å²) in [4.78, 5) is 22.5. The van der Waals surface area contributed by atoms with Crippen LogP contribution in [0.2, 0.25) is 0 Å². The minimum atomic E-state index is -0.628. The van der Waals surface area contributed by atoms with Crippen molar-refractivity contribution in [1.82, 2.24) is 0 Å². The number of esters is 1. The van der Waals surface area contributed by atoms with Crippen LogP contribution in [0.15, 0.2) is 0 Å². The molecule has 1 saturated heterocycles. The predicted octanol–water partition coefficient (Wildman–Crippen LogP) is 3.01. The Morgan fingerprint density at radius 3 is 1.81 bits per heavy atom. The maximum absolute atomic E-state index is 11.3. The van der Waals surface area contributed by atoms with Crippen LogP contribution in [0, 0.1) is 0 Å². The van der Waals surface area contributed by atoms with Gasteiger partial charge < -0.3 is 4.74 Å². The summed E-state index contributed by atoms with van der Waals surface area (Å²) >= 11 is 0. The predicted molar refractivity (Wildman–Crippen MR) is 62.1 cm³/mol. The largest absolute Gasteiger partial charge is 0.460 e. The van der Waals surface area contributed by atoms with E-state index < -0.39 is 5.97 Å². The number of Topliss-reactive ketones (excluding diaryl/α,β-unsaturated/α-hetero) is 1. The topological polar surface area (TPSA) is 43.4 Å². The second-order valence-corrected chi connectivity index (χ2v) is 4.49. The van der Waals surface area contributed by atoms with E-state index in [2.05, 4.69) is 0 Å². The maximum Gasteiger partial charge on any atom is 0.374 e. The minimum Gasteiger partial charge on any atom is -0.460 e. The third-order valence-corrected chi connectivity index (χ3v) is 3.01. The van der Waals surface area contributed by atoms with Gasteiger partial charge in [-0.2, -0.15) is 0 Å². The van der Waals surface area contributed by atoms with Gasteiger partial charge in [0.1, 0.15) is 0 Å². The molecule has 0 aromatic carbocycles. The van der Waals surface area contributed by atoms with Crippen molar-refractivity contribution in [2.75, 3.05) is 6.61 Å². The quantitative estimate of drug-likeness (QED) is 0.471. The number of ether oxygens (including phenoxy) is 1. The summed E-state index contributed by atoms with van der Waals surface area (Å²) in [5, 5.41) is 0. The lowest BCUT2D eigenvalue weighted by atomic mass is 10.1. The molecule has 3 nitrogen and oxygen atoms in total. The highest BCUT2D eigenvalue weighted by atomic mass is 16.5. The summed E-state index contributed by atoms with van der Waals surface area (Å²) in [6, 6.07) is 0. The first-order valence-corrected chi connectivity index (χ1v) is 6.50. The van der Waals surface area contributed by atoms with E-state index in [0.29, 0.717) is 13.0 Å². The molecule has 92 valence electrons. The second kappa shape index (κ2) is 8.31. The highest BCUT2D eigenvalue weighted by Crippen LogP contribution is 2.11. The van der Waals surface area contributed by atoms with E-state index in [1.165, 1.54) is 32.1 Å². The maximum atomic E-state index is 11.3. The molecule has 0 saturated carbocycles. The molecule has 0 aromatic rings. The van der Waals surface area contributed by atoms with Gasteiger partial charge in [-0.05, 0) is 12.8 Å². The van der Waals surface area contributed by atoms with E-state index in [9.17, 15) is 9.59 Å². The standard InChI is InChI=1S/C13H22O3/c14-12-10-8-6-4-2-1-3-5-7-9-11-16-13(12)15/h1-11H2. The molecule has 0 amide bonds. The summed E-state index contributed by atoms with van der Waals surface area (Å²) in [6.07, 6.45) is 10.5. The van der Waals surface area contributed by atoms with Crippen molar-refractivity contribution < 1.29 is 14.3 Å². The number of carbonyl (C=O) groups excluding carboxylic acids is 2. The number of rotatable bonds is 0. The highest BCUT2D eigenvalue weighted by Gasteiger charge is 2.14. The van der Waals surface area contributed by atoms with Gasteiger partial charge in [-0.3, -0.25) is 4.79 Å². The van der Waals surface area contributed by atoms with Crippen molar-refractivity contribution in [3.8, 4) is 0 Å². The lowest BCUT2D eigenvalue weighted by Gasteiger charge is -2.06. The average molecular weight is 226 g/mol. The van der Waals surface area contributed by atoms with Gasteiger partial charge in [0, 0.05) is 6.42 Å². The zero-order valence-corrected chi connectivity index (χ0v) is 10.0. The normalized spacial score (nSPS) is 22.2. The van der Waals surface area contributed by atoms with Gasteiger partial charge in [-0.25, -0.2) is 4.79 Å². The van der Waals surface area contributed by atoms with E-state index in [-0.39, 0.29) is 5.78 Å². The first kappa shape index (κ1) is 13.2. The Morgan fingerprint density at radius 1 is 0.688 bits per heavy atom. The lowest BCUT2D eigenvalue weighted by Crippen LogP contribution is -2.17. The third-order valence-electron chi connectivity index (χ3n) is 3.01. The van der Waals surface area contributed by atoms with Gasteiger partial charge in [0.05, 0.1) is 6.61 Å². The van der Waals surface area contributed by atoms with Crippen molar-refractivity contribution in [2.45, 2.75) is 64.2 Å². The van der Waals surface area contributed by atoms with Crippen molar-refractivity contribution in [2.24, 2.45) is 0 Å². The van der Waals surface area contributed by atoms with Crippen LogP contribution >= 0.6 is 0 Å². The number of hydrogen-bond acceptors (Lipinski definition) is 3. The van der Waals surface area contributed by atoms with Gasteiger partial charge in [-0.15, -0.1) is 0 Å². The van der Waals surface area contributed by atoms with Gasteiger partial charge >= 0.3 is 5.97 Å². The monoisotopic (exact) mass is 226 g/mol. The van der Waals surface area contributed by atoms with Crippen LogP contribution in [0.4, 0.5) is 0 Å². The van der Waals surface area contributed by atoms with E-state index >= 15 is 0 Å². The van der Waals surface area contributed by atoms with E-state index in [0.717, 1.165) is 25.7 Å². The number of ketones is 1. The smallest absolute Gasteiger partial charge is 0.374 e. The molecule has 0 radical (unpaired) electrons. The van der Waals surface area contributed by atoms with Crippen molar-refractivity contribution in [3.63, 3.8) is 0 Å². The fraction of sp³-hybridized carbons (Fsp3) is 0.846. The average Bonchev–Trinajstić information content (AvgIpc) is 2.29. The van der Waals surface area contributed by atoms with Crippen molar-refractivity contribution >= 4 is 11.8 Å². The van der Waals surface area contributed by atoms with Crippen LogP contribution in [0.5, 0.6) is 0 Å². The van der Waals surface area contributed by atoms with Gasteiger partial charge in [-0.1, -0.05) is 44.9 Å². The summed E-state index contributed by atoms with van der Waals surface area (Å²) in [5.41, 5.74) is 0. The molecule has 3 heteroatoms. The van der Waals surface area contributed by atoms with Gasteiger partial charge in [0.25, 0.3) is 0 Å². The zero-order valence-electron chi connectivity index (χ0n) is 10.0. The number of hydrogen-bond donors (Lipinski definition) is 0. The number of cyclic esters (lactones) is 1.